The molecule has 46 heavy (non-hydrogen) atoms. The van der Waals surface area contributed by atoms with E-state index in [1.807, 2.05) is 0 Å². The van der Waals surface area contributed by atoms with Crippen LogP contribution in [-0.2, 0) is 30.2 Å². The largest absolute Gasteiger partial charge is 0.450 e. The molecule has 0 radical (unpaired) electrons. The Morgan fingerprint density at radius 3 is 2.20 bits per heavy atom. The number of likely N-dealkylation sites (tertiary alicyclic amines) is 1. The normalized spacial score (nSPS) is 14.2. The Bertz CT molecular complexity index is 1400. The highest BCUT2D eigenvalue weighted by Gasteiger charge is 2.30. The first kappa shape index (κ1) is 35.0. The Balaban J connectivity index is 1.10. The van der Waals surface area contributed by atoms with Crippen LogP contribution in [0.3, 0.4) is 0 Å². The molecule has 1 fully saturated rings. The molecule has 0 unspecified atom stereocenters. The van der Waals surface area contributed by atoms with Crippen molar-refractivity contribution >= 4 is 12.0 Å². The molecular weight excluding hydrogens is 591 g/mol. The van der Waals surface area contributed by atoms with Gasteiger partial charge >= 0.3 is 12.3 Å². The van der Waals surface area contributed by atoms with Gasteiger partial charge in [-0.25, -0.2) is 4.79 Å². The molecule has 0 saturated carbocycles. The summed E-state index contributed by atoms with van der Waals surface area (Å²) in [6.07, 6.45) is 2.41. The van der Waals surface area contributed by atoms with Gasteiger partial charge in [-0.1, -0.05) is 62.4 Å². The number of ether oxygens (including phenoxy) is 1. The van der Waals surface area contributed by atoms with Crippen molar-refractivity contribution in [2.24, 2.45) is 0 Å². The van der Waals surface area contributed by atoms with Gasteiger partial charge in [0.05, 0.1) is 12.2 Å². The first-order valence-electron chi connectivity index (χ1n) is 16.5. The molecule has 1 heterocycles. The van der Waals surface area contributed by atoms with Crippen molar-refractivity contribution in [1.82, 2.24) is 15.5 Å². The van der Waals surface area contributed by atoms with Crippen molar-refractivity contribution in [3.8, 4) is 11.1 Å². The fourth-order valence-electron chi connectivity index (χ4n) is 6.12. The van der Waals surface area contributed by atoms with Crippen LogP contribution in [0.25, 0.3) is 11.1 Å². The number of piperidine rings is 1. The van der Waals surface area contributed by atoms with E-state index in [-0.39, 0.29) is 18.0 Å². The third kappa shape index (κ3) is 10.1. The van der Waals surface area contributed by atoms with E-state index in [1.165, 1.54) is 28.8 Å². The van der Waals surface area contributed by atoms with E-state index < -0.39 is 11.7 Å². The second kappa shape index (κ2) is 17.2. The minimum atomic E-state index is -4.41. The number of rotatable bonds is 14. The second-order valence-corrected chi connectivity index (χ2v) is 11.8. The second-order valence-electron chi connectivity index (χ2n) is 11.8. The summed E-state index contributed by atoms with van der Waals surface area (Å²) in [5, 5.41) is 5.98. The Hall–Kier alpha value is -3.85. The molecule has 0 spiro atoms. The van der Waals surface area contributed by atoms with Crippen LogP contribution in [0.4, 0.5) is 18.0 Å². The molecule has 2 amide bonds. The molecule has 0 atom stereocenters. The standard InChI is InChI=1S/C37H46F3N3O3/c1-3-27-11-9-12-28(4-2)32(27)15-10-26-46-36(45)41-22-7-8-23-43-24-20-31(21-25-43)42-35(44)34-14-6-5-13-33(34)29-16-18-30(19-17-29)37(38,39)40/h5-6,9,11-14,16-19,31H,3-4,7-8,10,15,20-26H2,1-2H3,(H,41,45)(H,42,44). The zero-order valence-corrected chi connectivity index (χ0v) is 26.9. The predicted molar refractivity (Wildman–Crippen MR) is 176 cm³/mol. The molecule has 6 nitrogen and oxygen atoms in total. The van der Waals surface area contributed by atoms with Gasteiger partial charge in [0.1, 0.15) is 0 Å². The van der Waals surface area contributed by atoms with E-state index in [4.69, 9.17) is 4.74 Å². The highest BCUT2D eigenvalue weighted by Crippen LogP contribution is 2.32. The van der Waals surface area contributed by atoms with E-state index in [0.717, 1.165) is 83.1 Å². The summed E-state index contributed by atoms with van der Waals surface area (Å²) in [5.41, 5.74) is 5.04. The average Bonchev–Trinajstić information content (AvgIpc) is 3.06. The number of carbonyl (C=O) groups excluding carboxylic acids is 2. The molecule has 0 aliphatic carbocycles. The van der Waals surface area contributed by atoms with Gasteiger partial charge in [-0.2, -0.15) is 13.2 Å². The number of halogens is 3. The number of benzene rings is 3. The summed E-state index contributed by atoms with van der Waals surface area (Å²) in [6, 6.07) is 18.4. The molecule has 3 aromatic carbocycles. The summed E-state index contributed by atoms with van der Waals surface area (Å²) in [6.45, 7) is 7.96. The Kier molecular flexibility index (Phi) is 13.1. The van der Waals surface area contributed by atoms with Gasteiger partial charge in [-0.3, -0.25) is 4.79 Å². The Labute approximate surface area is 270 Å². The van der Waals surface area contributed by atoms with Crippen molar-refractivity contribution < 1.29 is 27.5 Å². The lowest BCUT2D eigenvalue weighted by Crippen LogP contribution is -2.45. The van der Waals surface area contributed by atoms with E-state index in [0.29, 0.717) is 29.8 Å². The minimum Gasteiger partial charge on any atom is -0.450 e. The third-order valence-corrected chi connectivity index (χ3v) is 8.72. The van der Waals surface area contributed by atoms with Crippen molar-refractivity contribution in [3.63, 3.8) is 0 Å². The Morgan fingerprint density at radius 2 is 1.54 bits per heavy atom. The highest BCUT2D eigenvalue weighted by molar-refractivity contribution is 6.01. The van der Waals surface area contributed by atoms with E-state index >= 15 is 0 Å². The highest BCUT2D eigenvalue weighted by atomic mass is 19.4. The topological polar surface area (TPSA) is 70.7 Å². The van der Waals surface area contributed by atoms with E-state index in [9.17, 15) is 22.8 Å². The first-order chi connectivity index (χ1) is 22.2. The smallest absolute Gasteiger partial charge is 0.416 e. The molecule has 4 rings (SSSR count). The number of unbranched alkanes of at least 4 members (excludes halogenated alkanes) is 1. The number of nitrogens with one attached hydrogen (secondary N) is 2. The van der Waals surface area contributed by atoms with Crippen LogP contribution in [0.5, 0.6) is 0 Å². The molecular formula is C37H46F3N3O3. The zero-order valence-electron chi connectivity index (χ0n) is 26.9. The quantitative estimate of drug-likeness (QED) is 0.177. The van der Waals surface area contributed by atoms with Crippen LogP contribution < -0.4 is 10.6 Å². The average molecular weight is 638 g/mol. The zero-order chi connectivity index (χ0) is 32.9. The number of carbonyl (C=O) groups is 2. The van der Waals surface area contributed by atoms with Gasteiger partial charge in [0.15, 0.2) is 0 Å². The fourth-order valence-corrected chi connectivity index (χ4v) is 6.12. The maximum absolute atomic E-state index is 13.2. The van der Waals surface area contributed by atoms with Gasteiger partial charge < -0.3 is 20.3 Å². The third-order valence-electron chi connectivity index (χ3n) is 8.72. The van der Waals surface area contributed by atoms with Crippen LogP contribution in [0.1, 0.15) is 78.6 Å². The molecule has 1 aliphatic heterocycles. The summed E-state index contributed by atoms with van der Waals surface area (Å²) >= 11 is 0. The molecule has 248 valence electrons. The molecule has 1 aliphatic rings. The van der Waals surface area contributed by atoms with Crippen molar-refractivity contribution in [2.45, 2.75) is 77.4 Å². The minimum absolute atomic E-state index is 0.0323. The van der Waals surface area contributed by atoms with Gasteiger partial charge in [-0.15, -0.1) is 0 Å². The van der Waals surface area contributed by atoms with Crippen LogP contribution in [0, 0.1) is 0 Å². The maximum atomic E-state index is 13.2. The number of hydrogen-bond donors (Lipinski definition) is 2. The monoisotopic (exact) mass is 637 g/mol. The SMILES string of the molecule is CCc1cccc(CC)c1CCCOC(=O)NCCCCN1CCC(NC(=O)c2ccccc2-c2ccc(C(F)(F)F)cc2)CC1. The maximum Gasteiger partial charge on any atom is 0.416 e. The number of nitrogens with zero attached hydrogens (tertiary/aromatic N) is 1. The number of hydrogen-bond acceptors (Lipinski definition) is 4. The van der Waals surface area contributed by atoms with Crippen LogP contribution in [0.15, 0.2) is 66.7 Å². The lowest BCUT2D eigenvalue weighted by molar-refractivity contribution is -0.137. The molecule has 3 aromatic rings. The summed E-state index contributed by atoms with van der Waals surface area (Å²) in [5.74, 6) is -0.219. The van der Waals surface area contributed by atoms with Crippen molar-refractivity contribution in [2.75, 3.05) is 32.8 Å². The molecule has 2 N–H and O–H groups in total. The number of alkyl halides is 3. The Morgan fingerprint density at radius 1 is 0.870 bits per heavy atom. The van der Waals surface area contributed by atoms with Crippen LogP contribution in [-0.4, -0.2) is 55.7 Å². The lowest BCUT2D eigenvalue weighted by Gasteiger charge is -2.32. The van der Waals surface area contributed by atoms with Gasteiger partial charge in [0.2, 0.25) is 0 Å². The van der Waals surface area contributed by atoms with Gasteiger partial charge in [0, 0.05) is 31.2 Å². The molecule has 0 bridgehead atoms. The molecule has 9 heteroatoms. The van der Waals surface area contributed by atoms with Crippen LogP contribution in [0.2, 0.25) is 0 Å². The van der Waals surface area contributed by atoms with Gasteiger partial charge in [0.25, 0.3) is 5.91 Å². The van der Waals surface area contributed by atoms with Crippen LogP contribution >= 0.6 is 0 Å². The summed E-state index contributed by atoms with van der Waals surface area (Å²) < 4.78 is 44.4. The van der Waals surface area contributed by atoms with Crippen molar-refractivity contribution in [1.29, 1.82) is 0 Å². The molecule has 1 saturated heterocycles. The van der Waals surface area contributed by atoms with E-state index in [1.54, 1.807) is 24.3 Å². The first-order valence-corrected chi connectivity index (χ1v) is 16.5. The van der Waals surface area contributed by atoms with Crippen molar-refractivity contribution in [3.05, 3.63) is 94.5 Å². The summed E-state index contributed by atoms with van der Waals surface area (Å²) in [7, 11) is 0. The predicted octanol–water partition coefficient (Wildman–Crippen LogP) is 7.83. The number of amides is 2. The summed E-state index contributed by atoms with van der Waals surface area (Å²) in [4.78, 5) is 27.7. The lowest BCUT2D eigenvalue weighted by atomic mass is 9.94. The van der Waals surface area contributed by atoms with Gasteiger partial charge in [-0.05, 0) is 104 Å². The molecule has 0 aromatic heterocycles. The van der Waals surface area contributed by atoms with E-state index in [2.05, 4.69) is 47.6 Å². The fraction of sp³-hybridized carbons (Fsp3) is 0.459. The number of alkyl carbamates (subject to hydrolysis) is 1. The number of aryl methyl sites for hydroxylation is 2.